The average Bonchev–Trinajstić information content (AvgIpc) is 2.47. The van der Waals surface area contributed by atoms with Crippen LogP contribution < -0.4 is 5.32 Å². The monoisotopic (exact) mass is 308 g/mol. The van der Waals surface area contributed by atoms with Crippen LogP contribution in [0.3, 0.4) is 0 Å². The second-order valence-corrected chi connectivity index (χ2v) is 7.31. The summed E-state index contributed by atoms with van der Waals surface area (Å²) in [6, 6.07) is 4.14. The van der Waals surface area contributed by atoms with Crippen LogP contribution >= 0.6 is 11.8 Å². The molecular weight excluding hydrogens is 284 g/mol. The summed E-state index contributed by atoms with van der Waals surface area (Å²) in [6.07, 6.45) is 4.42. The normalized spacial score (nSPS) is 27.0. The Labute approximate surface area is 131 Å². The zero-order valence-corrected chi connectivity index (χ0v) is 14.0. The summed E-state index contributed by atoms with van der Waals surface area (Å²) < 4.78 is 5.58. The van der Waals surface area contributed by atoms with E-state index in [9.17, 15) is 4.79 Å². The van der Waals surface area contributed by atoms with E-state index in [1.54, 1.807) is 31.3 Å². The fourth-order valence-corrected chi connectivity index (χ4v) is 3.50. The standard InChI is InChI=1S/C16H24N2O2S/c1-15(2)13(9-16(15,3)20-4)18-14(19)11-21-10-12-5-7-17-8-6-12/h5-8,13H,9-11H2,1-4H3,(H,18,19)/t13-,16-/m0/s1. The van der Waals surface area contributed by atoms with Gasteiger partial charge in [0, 0.05) is 36.7 Å². The van der Waals surface area contributed by atoms with Crippen molar-refractivity contribution in [3.05, 3.63) is 30.1 Å². The van der Waals surface area contributed by atoms with Gasteiger partial charge in [0.25, 0.3) is 0 Å². The molecule has 1 heterocycles. The van der Waals surface area contributed by atoms with Crippen LogP contribution in [0.25, 0.3) is 0 Å². The van der Waals surface area contributed by atoms with Gasteiger partial charge >= 0.3 is 0 Å². The minimum Gasteiger partial charge on any atom is -0.378 e. The Hall–Kier alpha value is -1.07. The Morgan fingerprint density at radius 2 is 2.10 bits per heavy atom. The van der Waals surface area contributed by atoms with E-state index in [1.165, 1.54) is 5.56 Å². The lowest BCUT2D eigenvalue weighted by Crippen LogP contribution is -2.68. The van der Waals surface area contributed by atoms with Crippen molar-refractivity contribution in [3.63, 3.8) is 0 Å². The van der Waals surface area contributed by atoms with Gasteiger partial charge in [0.05, 0.1) is 11.4 Å². The van der Waals surface area contributed by atoms with Crippen molar-refractivity contribution in [2.24, 2.45) is 5.41 Å². The average molecular weight is 308 g/mol. The SMILES string of the molecule is CO[C@@]1(C)C[C@H](NC(=O)CSCc2ccncc2)C1(C)C. The van der Waals surface area contributed by atoms with Gasteiger partial charge in [-0.3, -0.25) is 9.78 Å². The molecule has 0 radical (unpaired) electrons. The van der Waals surface area contributed by atoms with Gasteiger partial charge in [-0.05, 0) is 31.0 Å². The van der Waals surface area contributed by atoms with Gasteiger partial charge in [-0.15, -0.1) is 11.8 Å². The van der Waals surface area contributed by atoms with Crippen LogP contribution in [0.5, 0.6) is 0 Å². The smallest absolute Gasteiger partial charge is 0.230 e. The van der Waals surface area contributed by atoms with Crippen molar-refractivity contribution in [2.75, 3.05) is 12.9 Å². The Bertz CT molecular complexity index is 492. The topological polar surface area (TPSA) is 51.2 Å². The zero-order chi connectivity index (χ0) is 15.5. The van der Waals surface area contributed by atoms with Crippen molar-refractivity contribution in [3.8, 4) is 0 Å². The summed E-state index contributed by atoms with van der Waals surface area (Å²) >= 11 is 1.63. The van der Waals surface area contributed by atoms with Gasteiger partial charge in [0.1, 0.15) is 0 Å². The third-order valence-corrected chi connectivity index (χ3v) is 5.87. The summed E-state index contributed by atoms with van der Waals surface area (Å²) in [5, 5.41) is 3.13. The molecule has 4 nitrogen and oxygen atoms in total. The third kappa shape index (κ3) is 3.40. The van der Waals surface area contributed by atoms with Crippen LogP contribution in [0.1, 0.15) is 32.8 Å². The summed E-state index contributed by atoms with van der Waals surface area (Å²) in [4.78, 5) is 16.0. The lowest BCUT2D eigenvalue weighted by Gasteiger charge is -2.59. The Balaban J connectivity index is 1.74. The summed E-state index contributed by atoms with van der Waals surface area (Å²) in [6.45, 7) is 6.40. The molecule has 1 aliphatic carbocycles. The van der Waals surface area contributed by atoms with Crippen molar-refractivity contribution in [1.29, 1.82) is 0 Å². The van der Waals surface area contributed by atoms with Crippen LogP contribution in [-0.2, 0) is 15.3 Å². The van der Waals surface area contributed by atoms with Crippen LogP contribution in [0, 0.1) is 5.41 Å². The molecule has 0 aliphatic heterocycles. The van der Waals surface area contributed by atoms with E-state index in [-0.39, 0.29) is 23.0 Å². The minimum atomic E-state index is -0.144. The molecule has 116 valence electrons. The van der Waals surface area contributed by atoms with E-state index in [2.05, 4.69) is 31.1 Å². The Morgan fingerprint density at radius 3 is 2.67 bits per heavy atom. The van der Waals surface area contributed by atoms with E-state index in [4.69, 9.17) is 4.74 Å². The van der Waals surface area contributed by atoms with Crippen LogP contribution in [0.4, 0.5) is 0 Å². The lowest BCUT2D eigenvalue weighted by atomic mass is 9.56. The first-order chi connectivity index (χ1) is 9.89. The molecule has 1 fully saturated rings. The predicted octanol–water partition coefficient (Wildman–Crippen LogP) is 2.63. The maximum atomic E-state index is 12.0. The van der Waals surface area contributed by atoms with Gasteiger partial charge < -0.3 is 10.1 Å². The fourth-order valence-electron chi connectivity index (χ4n) is 2.70. The molecule has 2 atom stereocenters. The van der Waals surface area contributed by atoms with Gasteiger partial charge in [-0.1, -0.05) is 13.8 Å². The van der Waals surface area contributed by atoms with E-state index in [0.29, 0.717) is 5.75 Å². The highest BCUT2D eigenvalue weighted by molar-refractivity contribution is 7.99. The molecular formula is C16H24N2O2S. The number of ether oxygens (including phenoxy) is 1. The van der Waals surface area contributed by atoms with Crippen molar-refractivity contribution in [1.82, 2.24) is 10.3 Å². The molecule has 21 heavy (non-hydrogen) atoms. The maximum Gasteiger partial charge on any atom is 0.230 e. The van der Waals surface area contributed by atoms with E-state index < -0.39 is 0 Å². The highest BCUT2D eigenvalue weighted by atomic mass is 32.2. The van der Waals surface area contributed by atoms with E-state index >= 15 is 0 Å². The number of amides is 1. The number of hydrogen-bond acceptors (Lipinski definition) is 4. The number of pyridine rings is 1. The molecule has 1 aromatic rings. The molecule has 1 aliphatic rings. The van der Waals surface area contributed by atoms with E-state index in [1.807, 2.05) is 12.1 Å². The summed E-state index contributed by atoms with van der Waals surface area (Å²) in [7, 11) is 1.74. The molecule has 0 aromatic carbocycles. The molecule has 1 N–H and O–H groups in total. The number of hydrogen-bond donors (Lipinski definition) is 1. The van der Waals surface area contributed by atoms with Gasteiger partial charge in [-0.25, -0.2) is 0 Å². The first-order valence-corrected chi connectivity index (χ1v) is 8.36. The fraction of sp³-hybridized carbons (Fsp3) is 0.625. The molecule has 0 unspecified atom stereocenters. The van der Waals surface area contributed by atoms with E-state index in [0.717, 1.165) is 12.2 Å². The predicted molar refractivity (Wildman–Crippen MR) is 86.1 cm³/mol. The molecule has 2 rings (SSSR count). The number of methoxy groups -OCH3 is 1. The zero-order valence-electron chi connectivity index (χ0n) is 13.2. The van der Waals surface area contributed by atoms with Crippen LogP contribution in [0.2, 0.25) is 0 Å². The second kappa shape index (κ2) is 6.36. The molecule has 5 heteroatoms. The van der Waals surface area contributed by atoms with Gasteiger partial charge in [-0.2, -0.15) is 0 Å². The van der Waals surface area contributed by atoms with Crippen molar-refractivity contribution >= 4 is 17.7 Å². The minimum absolute atomic E-state index is 0.0345. The molecule has 0 spiro atoms. The summed E-state index contributed by atoms with van der Waals surface area (Å²) in [5.41, 5.74) is 1.02. The van der Waals surface area contributed by atoms with Crippen LogP contribution in [-0.4, -0.2) is 35.4 Å². The second-order valence-electron chi connectivity index (χ2n) is 6.33. The number of aromatic nitrogens is 1. The van der Waals surface area contributed by atoms with Crippen LogP contribution in [0.15, 0.2) is 24.5 Å². The molecule has 1 saturated carbocycles. The Morgan fingerprint density at radius 1 is 1.43 bits per heavy atom. The Kier molecular flexibility index (Phi) is 4.94. The highest BCUT2D eigenvalue weighted by Gasteiger charge is 2.58. The number of carbonyl (C=O) groups excluding carboxylic acids is 1. The quantitative estimate of drug-likeness (QED) is 0.878. The number of rotatable bonds is 6. The lowest BCUT2D eigenvalue weighted by molar-refractivity contribution is -0.182. The van der Waals surface area contributed by atoms with Crippen molar-refractivity contribution in [2.45, 2.75) is 44.6 Å². The first-order valence-electron chi connectivity index (χ1n) is 7.20. The largest absolute Gasteiger partial charge is 0.378 e. The van der Waals surface area contributed by atoms with Gasteiger partial charge in [0.15, 0.2) is 0 Å². The number of carbonyl (C=O) groups is 1. The summed E-state index contributed by atoms with van der Waals surface area (Å²) in [5.74, 6) is 1.42. The molecule has 1 amide bonds. The number of nitrogens with one attached hydrogen (secondary N) is 1. The van der Waals surface area contributed by atoms with Crippen molar-refractivity contribution < 1.29 is 9.53 Å². The number of thioether (sulfide) groups is 1. The highest BCUT2D eigenvalue weighted by Crippen LogP contribution is 2.51. The molecule has 0 saturated heterocycles. The number of nitrogens with zero attached hydrogens (tertiary/aromatic N) is 1. The maximum absolute atomic E-state index is 12.0. The molecule has 0 bridgehead atoms. The molecule has 1 aromatic heterocycles. The van der Waals surface area contributed by atoms with Gasteiger partial charge in [0.2, 0.25) is 5.91 Å². The first kappa shape index (κ1) is 16.3. The third-order valence-electron chi connectivity index (χ3n) is 4.86.